The standard InChI is InChI=1S/C17H17N3O8/c1-8-15(10(3)21)17(23,16(11(4)22)9(2)18(8)24)13-6-5-12(19(25)26)7-14(13)20(27)28/h5-7,23-24H,1-4H3. The number of Topliss-reactive ketones (excluding diaryl/α,β-unsaturated/α-hetero) is 2. The number of nitro benzene ring substituents is 2. The lowest BCUT2D eigenvalue weighted by atomic mass is 9.72. The number of carbonyl (C=O) groups excluding carboxylic acids is 2. The molecule has 1 aliphatic rings. The molecule has 11 heteroatoms. The van der Waals surface area contributed by atoms with Gasteiger partial charge in [-0.25, -0.2) is 5.06 Å². The number of allylic oxidation sites excluding steroid dienone is 2. The number of aliphatic hydroxyl groups is 1. The molecule has 0 radical (unpaired) electrons. The number of hydrogen-bond acceptors (Lipinski definition) is 9. The van der Waals surface area contributed by atoms with Crippen LogP contribution in [0.1, 0.15) is 33.3 Å². The number of carbonyl (C=O) groups is 2. The molecule has 28 heavy (non-hydrogen) atoms. The highest BCUT2D eigenvalue weighted by atomic mass is 16.6. The summed E-state index contributed by atoms with van der Waals surface area (Å²) in [6, 6.07) is 2.49. The number of ketones is 2. The monoisotopic (exact) mass is 391 g/mol. The van der Waals surface area contributed by atoms with Gasteiger partial charge in [-0.3, -0.25) is 35.0 Å². The molecule has 0 aliphatic carbocycles. The Morgan fingerprint density at radius 1 is 1.00 bits per heavy atom. The maximum Gasteiger partial charge on any atom is 0.283 e. The van der Waals surface area contributed by atoms with Gasteiger partial charge in [0.25, 0.3) is 11.4 Å². The predicted molar refractivity (Wildman–Crippen MR) is 94.0 cm³/mol. The molecule has 0 amide bonds. The fourth-order valence-electron chi connectivity index (χ4n) is 3.49. The highest BCUT2D eigenvalue weighted by Gasteiger charge is 2.51. The van der Waals surface area contributed by atoms with Gasteiger partial charge in [0.2, 0.25) is 0 Å². The molecular weight excluding hydrogens is 374 g/mol. The Labute approximate surface area is 158 Å². The van der Waals surface area contributed by atoms with E-state index in [1.54, 1.807) is 0 Å². The molecule has 0 fully saturated rings. The topological polar surface area (TPSA) is 164 Å². The SMILES string of the molecule is CC(=O)C1=C(C)N(O)C(C)=C(C(C)=O)C1(O)c1ccc([N+](=O)[O-])cc1[N+](=O)[O-]. The molecule has 0 atom stereocenters. The van der Waals surface area contributed by atoms with Crippen molar-refractivity contribution in [2.75, 3.05) is 0 Å². The zero-order valence-electron chi connectivity index (χ0n) is 15.4. The van der Waals surface area contributed by atoms with Crippen LogP contribution in [0.4, 0.5) is 11.4 Å². The first kappa shape index (κ1) is 20.9. The Morgan fingerprint density at radius 2 is 1.46 bits per heavy atom. The van der Waals surface area contributed by atoms with Crippen LogP contribution in [0.15, 0.2) is 40.7 Å². The Bertz CT molecular complexity index is 954. The summed E-state index contributed by atoms with van der Waals surface area (Å²) in [5.41, 5.74) is -5.70. The predicted octanol–water partition coefficient (Wildman–Crippen LogP) is 2.12. The summed E-state index contributed by atoms with van der Waals surface area (Å²) in [5, 5.41) is 44.9. The largest absolute Gasteiger partial charge is 0.375 e. The van der Waals surface area contributed by atoms with Crippen LogP contribution in [-0.4, -0.2) is 36.8 Å². The van der Waals surface area contributed by atoms with Crippen LogP contribution in [0.25, 0.3) is 0 Å². The van der Waals surface area contributed by atoms with Crippen LogP contribution in [0.3, 0.4) is 0 Å². The highest BCUT2D eigenvalue weighted by Crippen LogP contribution is 2.48. The lowest BCUT2D eigenvalue weighted by Crippen LogP contribution is -2.44. The van der Waals surface area contributed by atoms with Crippen molar-refractivity contribution >= 4 is 22.9 Å². The van der Waals surface area contributed by atoms with Gasteiger partial charge >= 0.3 is 0 Å². The van der Waals surface area contributed by atoms with Gasteiger partial charge < -0.3 is 5.11 Å². The Balaban J connectivity index is 3.03. The smallest absolute Gasteiger partial charge is 0.283 e. The number of hydroxylamine groups is 2. The third-order valence-corrected chi connectivity index (χ3v) is 4.57. The lowest BCUT2D eigenvalue weighted by Gasteiger charge is -2.40. The van der Waals surface area contributed by atoms with Gasteiger partial charge in [-0.05, 0) is 33.8 Å². The molecule has 1 heterocycles. The van der Waals surface area contributed by atoms with E-state index >= 15 is 0 Å². The molecule has 0 aromatic heterocycles. The summed E-state index contributed by atoms with van der Waals surface area (Å²) >= 11 is 0. The van der Waals surface area contributed by atoms with Gasteiger partial charge in [0, 0.05) is 6.07 Å². The molecule has 148 valence electrons. The Hall–Kier alpha value is -3.44. The summed E-state index contributed by atoms with van der Waals surface area (Å²) in [7, 11) is 0. The minimum absolute atomic E-state index is 0.134. The van der Waals surface area contributed by atoms with Gasteiger partial charge in [-0.2, -0.15) is 0 Å². The fraction of sp³-hybridized carbons (Fsp3) is 0.294. The molecular formula is C17H17N3O8. The van der Waals surface area contributed by atoms with E-state index in [1.807, 2.05) is 0 Å². The number of hydrogen-bond donors (Lipinski definition) is 2. The van der Waals surface area contributed by atoms with Crippen molar-refractivity contribution in [1.82, 2.24) is 5.06 Å². The number of rotatable bonds is 5. The van der Waals surface area contributed by atoms with Crippen molar-refractivity contribution < 1.29 is 29.7 Å². The van der Waals surface area contributed by atoms with Gasteiger partial charge in [0.15, 0.2) is 17.2 Å². The number of benzene rings is 1. The van der Waals surface area contributed by atoms with Crippen molar-refractivity contribution in [3.8, 4) is 0 Å². The van der Waals surface area contributed by atoms with E-state index in [9.17, 15) is 40.1 Å². The maximum atomic E-state index is 12.3. The molecule has 0 saturated carbocycles. The van der Waals surface area contributed by atoms with Gasteiger partial charge in [0.05, 0.1) is 44.0 Å². The van der Waals surface area contributed by atoms with Crippen molar-refractivity contribution in [2.45, 2.75) is 33.3 Å². The maximum absolute atomic E-state index is 12.3. The summed E-state index contributed by atoms with van der Waals surface area (Å²) < 4.78 is 0. The third kappa shape index (κ3) is 2.96. The first-order chi connectivity index (χ1) is 12.8. The zero-order valence-corrected chi connectivity index (χ0v) is 15.4. The van der Waals surface area contributed by atoms with E-state index in [2.05, 4.69) is 0 Å². The number of nitrogens with zero attached hydrogens (tertiary/aromatic N) is 3. The second kappa shape index (κ2) is 6.94. The van der Waals surface area contributed by atoms with E-state index < -0.39 is 55.1 Å². The molecule has 0 unspecified atom stereocenters. The minimum Gasteiger partial charge on any atom is -0.375 e. The minimum atomic E-state index is -2.58. The van der Waals surface area contributed by atoms with E-state index in [1.165, 1.54) is 13.8 Å². The van der Waals surface area contributed by atoms with Crippen LogP contribution in [0, 0.1) is 20.2 Å². The molecule has 0 bridgehead atoms. The third-order valence-electron chi connectivity index (χ3n) is 4.57. The van der Waals surface area contributed by atoms with Crippen LogP contribution in [-0.2, 0) is 15.2 Å². The van der Waals surface area contributed by atoms with E-state index in [4.69, 9.17) is 0 Å². The second-order valence-electron chi connectivity index (χ2n) is 6.27. The first-order valence-electron chi connectivity index (χ1n) is 7.94. The summed E-state index contributed by atoms with van der Waals surface area (Å²) in [5.74, 6) is -1.50. The van der Waals surface area contributed by atoms with Crippen LogP contribution >= 0.6 is 0 Å². The molecule has 0 saturated heterocycles. The second-order valence-corrected chi connectivity index (χ2v) is 6.27. The average molecular weight is 391 g/mol. The highest BCUT2D eigenvalue weighted by molar-refractivity contribution is 6.05. The molecule has 1 aliphatic heterocycles. The molecule has 1 aromatic rings. The number of non-ortho nitro benzene ring substituents is 1. The average Bonchev–Trinajstić information content (AvgIpc) is 2.58. The van der Waals surface area contributed by atoms with E-state index in [-0.39, 0.29) is 11.4 Å². The van der Waals surface area contributed by atoms with Crippen LogP contribution in [0.2, 0.25) is 0 Å². The van der Waals surface area contributed by atoms with Crippen molar-refractivity contribution in [3.63, 3.8) is 0 Å². The quantitative estimate of drug-likeness (QED) is 0.565. The number of nitro groups is 2. The summed E-state index contributed by atoms with van der Waals surface area (Å²) in [4.78, 5) is 45.4. The zero-order chi connectivity index (χ0) is 21.5. The van der Waals surface area contributed by atoms with E-state index in [0.717, 1.165) is 26.0 Å². The van der Waals surface area contributed by atoms with Crippen molar-refractivity contribution in [3.05, 3.63) is 66.5 Å². The lowest BCUT2D eigenvalue weighted by molar-refractivity contribution is -0.395. The molecule has 2 rings (SSSR count). The van der Waals surface area contributed by atoms with Crippen molar-refractivity contribution in [1.29, 1.82) is 0 Å². The van der Waals surface area contributed by atoms with Crippen LogP contribution < -0.4 is 0 Å². The summed E-state index contributed by atoms with van der Waals surface area (Å²) in [6.07, 6.45) is 0. The van der Waals surface area contributed by atoms with Gasteiger partial charge in [0.1, 0.15) is 0 Å². The Kier molecular flexibility index (Phi) is 5.17. The molecule has 1 aromatic carbocycles. The Morgan fingerprint density at radius 3 is 1.82 bits per heavy atom. The van der Waals surface area contributed by atoms with Gasteiger partial charge in [-0.1, -0.05) is 0 Å². The summed E-state index contributed by atoms with van der Waals surface area (Å²) in [6.45, 7) is 4.71. The van der Waals surface area contributed by atoms with Gasteiger partial charge in [-0.15, -0.1) is 0 Å². The first-order valence-corrected chi connectivity index (χ1v) is 7.94. The molecule has 2 N–H and O–H groups in total. The molecule has 11 nitrogen and oxygen atoms in total. The van der Waals surface area contributed by atoms with Crippen molar-refractivity contribution in [2.24, 2.45) is 0 Å². The molecule has 0 spiro atoms. The normalized spacial score (nSPS) is 16.3. The van der Waals surface area contributed by atoms with E-state index in [0.29, 0.717) is 11.1 Å². The fourth-order valence-corrected chi connectivity index (χ4v) is 3.49. The van der Waals surface area contributed by atoms with Crippen LogP contribution in [0.5, 0.6) is 0 Å².